The van der Waals surface area contributed by atoms with Crippen molar-refractivity contribution < 1.29 is 14.8 Å². The predicted octanol–water partition coefficient (Wildman–Crippen LogP) is 2.43. The van der Waals surface area contributed by atoms with Gasteiger partial charge in [0.2, 0.25) is 5.75 Å². The number of benzene rings is 1. The smallest absolute Gasteiger partial charge is 0.311 e. The quantitative estimate of drug-likeness (QED) is 0.669. The summed E-state index contributed by atoms with van der Waals surface area (Å²) in [4.78, 5) is 24.1. The Kier molecular flexibility index (Phi) is 4.87. The Balaban J connectivity index is 2.28. The predicted molar refractivity (Wildman–Crippen MR) is 87.9 cm³/mol. The third kappa shape index (κ3) is 3.37. The highest BCUT2D eigenvalue weighted by atomic mass is 16.6. The van der Waals surface area contributed by atoms with Crippen molar-refractivity contribution in [1.82, 2.24) is 14.7 Å². The molecule has 2 rings (SSSR count). The lowest BCUT2D eigenvalue weighted by Crippen LogP contribution is -2.26. The monoisotopic (exact) mass is 332 g/mol. The minimum absolute atomic E-state index is 0.0957. The summed E-state index contributed by atoms with van der Waals surface area (Å²) in [7, 11) is 3.39. The van der Waals surface area contributed by atoms with E-state index in [4.69, 9.17) is 0 Å². The zero-order valence-electron chi connectivity index (χ0n) is 14.1. The van der Waals surface area contributed by atoms with Crippen LogP contribution in [-0.2, 0) is 13.6 Å². The lowest BCUT2D eigenvalue weighted by Gasteiger charge is -2.18. The molecule has 0 saturated heterocycles. The Hall–Kier alpha value is -2.90. The van der Waals surface area contributed by atoms with Crippen molar-refractivity contribution in [1.29, 1.82) is 0 Å². The Morgan fingerprint density at radius 1 is 1.46 bits per heavy atom. The molecule has 1 aromatic heterocycles. The number of hydrogen-bond acceptors (Lipinski definition) is 5. The van der Waals surface area contributed by atoms with E-state index in [0.717, 1.165) is 17.3 Å². The number of phenols is 1. The van der Waals surface area contributed by atoms with Crippen LogP contribution in [0, 0.1) is 10.1 Å². The van der Waals surface area contributed by atoms with Gasteiger partial charge in [-0.15, -0.1) is 0 Å². The summed E-state index contributed by atoms with van der Waals surface area (Å²) in [6.07, 6.45) is 1.84. The van der Waals surface area contributed by atoms with Gasteiger partial charge >= 0.3 is 5.69 Å². The van der Waals surface area contributed by atoms with Gasteiger partial charge in [0, 0.05) is 38.5 Å². The first-order valence-electron chi connectivity index (χ1n) is 7.46. The van der Waals surface area contributed by atoms with Gasteiger partial charge in [-0.1, -0.05) is 19.9 Å². The van der Waals surface area contributed by atoms with Crippen LogP contribution in [0.5, 0.6) is 5.75 Å². The molecule has 2 aromatic rings. The van der Waals surface area contributed by atoms with Crippen LogP contribution < -0.4 is 0 Å². The highest BCUT2D eigenvalue weighted by molar-refractivity contribution is 5.97. The fraction of sp³-hybridized carbons (Fsp3) is 0.375. The van der Waals surface area contributed by atoms with Gasteiger partial charge in [-0.3, -0.25) is 19.6 Å². The van der Waals surface area contributed by atoms with Crippen LogP contribution >= 0.6 is 0 Å². The SMILES string of the molecule is CC(C)c1nn(C)cc1CN(C)C(=O)c1cccc([N+](=O)[O-])c1O. The third-order valence-electron chi connectivity index (χ3n) is 3.68. The van der Waals surface area contributed by atoms with Crippen LogP contribution in [0.15, 0.2) is 24.4 Å². The van der Waals surface area contributed by atoms with Crippen LogP contribution in [0.2, 0.25) is 0 Å². The van der Waals surface area contributed by atoms with E-state index >= 15 is 0 Å². The molecule has 1 amide bonds. The Morgan fingerprint density at radius 3 is 2.71 bits per heavy atom. The maximum atomic E-state index is 12.5. The number of hydrogen-bond donors (Lipinski definition) is 1. The second-order valence-electron chi connectivity index (χ2n) is 5.96. The molecule has 0 bridgehead atoms. The number of nitro benzene ring substituents is 1. The van der Waals surface area contributed by atoms with E-state index in [1.54, 1.807) is 11.7 Å². The fourth-order valence-corrected chi connectivity index (χ4v) is 2.55. The van der Waals surface area contributed by atoms with Crippen LogP contribution in [0.4, 0.5) is 5.69 Å². The molecule has 1 aromatic carbocycles. The molecule has 1 N–H and O–H groups in total. The van der Waals surface area contributed by atoms with Crippen molar-refractivity contribution >= 4 is 11.6 Å². The first-order valence-corrected chi connectivity index (χ1v) is 7.46. The number of nitrogens with zero attached hydrogens (tertiary/aromatic N) is 4. The molecule has 8 nitrogen and oxygen atoms in total. The number of amides is 1. The van der Waals surface area contributed by atoms with E-state index in [0.29, 0.717) is 6.54 Å². The van der Waals surface area contributed by atoms with E-state index in [-0.39, 0.29) is 11.5 Å². The molecule has 0 fully saturated rings. The number of aryl methyl sites for hydroxylation is 1. The number of para-hydroxylation sites is 1. The molecule has 8 heteroatoms. The normalized spacial score (nSPS) is 10.9. The van der Waals surface area contributed by atoms with Crippen molar-refractivity contribution in [2.75, 3.05) is 7.05 Å². The molecular formula is C16H20N4O4. The summed E-state index contributed by atoms with van der Waals surface area (Å²) in [5.74, 6) is -0.903. The molecule has 0 saturated carbocycles. The number of phenolic OH excluding ortho intramolecular Hbond substituents is 1. The minimum atomic E-state index is -0.718. The Labute approximate surface area is 139 Å². The fourth-order valence-electron chi connectivity index (χ4n) is 2.55. The summed E-state index contributed by atoms with van der Waals surface area (Å²) >= 11 is 0. The van der Waals surface area contributed by atoms with E-state index in [1.807, 2.05) is 27.1 Å². The summed E-state index contributed by atoms with van der Waals surface area (Å²) in [6.45, 7) is 4.32. The molecule has 0 radical (unpaired) electrons. The van der Waals surface area contributed by atoms with Gasteiger partial charge in [0.15, 0.2) is 0 Å². The van der Waals surface area contributed by atoms with Crippen LogP contribution in [0.3, 0.4) is 0 Å². The minimum Gasteiger partial charge on any atom is -0.502 e. The van der Waals surface area contributed by atoms with Gasteiger partial charge in [-0.25, -0.2) is 0 Å². The number of rotatable bonds is 5. The molecule has 0 aliphatic carbocycles. The molecule has 1 heterocycles. The summed E-state index contributed by atoms with van der Waals surface area (Å²) in [6, 6.07) is 3.90. The highest BCUT2D eigenvalue weighted by Crippen LogP contribution is 2.30. The topological polar surface area (TPSA) is 102 Å². The molecule has 0 spiro atoms. The van der Waals surface area contributed by atoms with Crippen molar-refractivity contribution in [3.63, 3.8) is 0 Å². The molecule has 128 valence electrons. The first kappa shape index (κ1) is 17.5. The van der Waals surface area contributed by atoms with Crippen molar-refractivity contribution in [2.24, 2.45) is 7.05 Å². The van der Waals surface area contributed by atoms with Crippen LogP contribution in [0.1, 0.15) is 41.4 Å². The lowest BCUT2D eigenvalue weighted by molar-refractivity contribution is -0.385. The molecule has 0 aliphatic rings. The largest absolute Gasteiger partial charge is 0.502 e. The maximum absolute atomic E-state index is 12.5. The van der Waals surface area contributed by atoms with E-state index in [9.17, 15) is 20.0 Å². The van der Waals surface area contributed by atoms with E-state index in [1.165, 1.54) is 17.0 Å². The first-order chi connectivity index (χ1) is 11.2. The van der Waals surface area contributed by atoms with Gasteiger partial charge in [-0.05, 0) is 12.0 Å². The molecule has 0 unspecified atom stereocenters. The standard InChI is InChI=1S/C16H20N4O4/c1-10(2)14-11(9-19(4)17-14)8-18(3)16(22)12-6-5-7-13(15(12)21)20(23)24/h5-7,9-10,21H,8H2,1-4H3. The van der Waals surface area contributed by atoms with E-state index in [2.05, 4.69) is 5.10 Å². The summed E-state index contributed by atoms with van der Waals surface area (Å²) in [5.41, 5.74) is 1.20. The van der Waals surface area contributed by atoms with Crippen molar-refractivity contribution in [2.45, 2.75) is 26.3 Å². The zero-order chi connectivity index (χ0) is 18.0. The average molecular weight is 332 g/mol. The van der Waals surface area contributed by atoms with E-state index < -0.39 is 22.3 Å². The van der Waals surface area contributed by atoms with Crippen molar-refractivity contribution in [3.05, 3.63) is 51.3 Å². The number of aromatic hydroxyl groups is 1. The summed E-state index contributed by atoms with van der Waals surface area (Å²) in [5, 5.41) is 25.3. The van der Waals surface area contributed by atoms with Gasteiger partial charge in [0.05, 0.1) is 16.2 Å². The Morgan fingerprint density at radius 2 is 2.12 bits per heavy atom. The van der Waals surface area contributed by atoms with Gasteiger partial charge in [0.25, 0.3) is 5.91 Å². The highest BCUT2D eigenvalue weighted by Gasteiger charge is 2.24. The summed E-state index contributed by atoms with van der Waals surface area (Å²) < 4.78 is 1.69. The number of carbonyl (C=O) groups is 1. The zero-order valence-corrected chi connectivity index (χ0v) is 14.1. The number of carbonyl (C=O) groups excluding carboxylic acids is 1. The lowest BCUT2D eigenvalue weighted by atomic mass is 10.1. The van der Waals surface area contributed by atoms with Gasteiger partial charge < -0.3 is 10.0 Å². The molecule has 0 atom stereocenters. The molecule has 0 aliphatic heterocycles. The Bertz CT molecular complexity index is 782. The number of aromatic nitrogens is 2. The number of nitro groups is 1. The van der Waals surface area contributed by atoms with Crippen molar-refractivity contribution in [3.8, 4) is 5.75 Å². The second kappa shape index (κ2) is 6.69. The third-order valence-corrected chi connectivity index (χ3v) is 3.68. The molecular weight excluding hydrogens is 312 g/mol. The second-order valence-corrected chi connectivity index (χ2v) is 5.96. The van der Waals surface area contributed by atoms with Crippen LogP contribution in [0.25, 0.3) is 0 Å². The van der Waals surface area contributed by atoms with Crippen LogP contribution in [-0.4, -0.2) is 37.7 Å². The average Bonchev–Trinajstić information content (AvgIpc) is 2.87. The molecule has 24 heavy (non-hydrogen) atoms. The van der Waals surface area contributed by atoms with Gasteiger partial charge in [0.1, 0.15) is 0 Å². The van der Waals surface area contributed by atoms with Gasteiger partial charge in [-0.2, -0.15) is 5.10 Å². The maximum Gasteiger partial charge on any atom is 0.311 e.